The molecule has 118 valence electrons. The molecule has 0 aromatic carbocycles. The number of nitro groups is 1. The Morgan fingerprint density at radius 3 is 2.50 bits per heavy atom. The molecule has 0 radical (unpaired) electrons. The average Bonchev–Trinajstić information content (AvgIpc) is 2.77. The van der Waals surface area contributed by atoms with Crippen LogP contribution in [0, 0.1) is 24.0 Å². The highest BCUT2D eigenvalue weighted by Gasteiger charge is 2.23. The molecule has 0 aliphatic rings. The van der Waals surface area contributed by atoms with E-state index in [0.29, 0.717) is 11.5 Å². The van der Waals surface area contributed by atoms with Crippen LogP contribution in [0.2, 0.25) is 0 Å². The van der Waals surface area contributed by atoms with Crippen molar-refractivity contribution in [2.45, 2.75) is 31.7 Å². The van der Waals surface area contributed by atoms with E-state index in [1.165, 1.54) is 0 Å². The molecule has 0 aliphatic carbocycles. The van der Waals surface area contributed by atoms with Gasteiger partial charge in [0.15, 0.2) is 6.20 Å². The summed E-state index contributed by atoms with van der Waals surface area (Å²) in [5.74, 6) is 0.915. The van der Waals surface area contributed by atoms with E-state index in [4.69, 9.17) is 4.42 Å². The Labute approximate surface area is 127 Å². The molecule has 0 bridgehead atoms. The minimum Gasteiger partial charge on any atom is -0.466 e. The van der Waals surface area contributed by atoms with Crippen molar-refractivity contribution < 1.29 is 17.8 Å². The average molecular weight is 325 g/mol. The third kappa shape index (κ3) is 3.31. The van der Waals surface area contributed by atoms with Crippen LogP contribution in [-0.2, 0) is 10.0 Å². The molecule has 2 aromatic rings. The summed E-state index contributed by atoms with van der Waals surface area (Å²) in [7, 11) is -3.83. The first kappa shape index (κ1) is 16.1. The Bertz CT molecular complexity index is 796. The summed E-state index contributed by atoms with van der Waals surface area (Å²) in [6.07, 6.45) is 0.959. The lowest BCUT2D eigenvalue weighted by Gasteiger charge is -2.12. The zero-order valence-electron chi connectivity index (χ0n) is 12.2. The second-order valence-corrected chi connectivity index (χ2v) is 6.53. The van der Waals surface area contributed by atoms with E-state index < -0.39 is 26.8 Å². The van der Waals surface area contributed by atoms with Gasteiger partial charge in [-0.25, -0.2) is 13.1 Å². The van der Waals surface area contributed by atoms with Crippen LogP contribution in [-0.4, -0.2) is 18.3 Å². The van der Waals surface area contributed by atoms with Crippen molar-refractivity contribution in [1.29, 1.82) is 0 Å². The van der Waals surface area contributed by atoms with Crippen molar-refractivity contribution in [2.75, 3.05) is 0 Å². The number of aromatic nitrogens is 1. The van der Waals surface area contributed by atoms with Crippen molar-refractivity contribution in [1.82, 2.24) is 9.71 Å². The van der Waals surface area contributed by atoms with Crippen molar-refractivity contribution in [3.63, 3.8) is 0 Å². The number of hydrogen-bond acceptors (Lipinski definition) is 6. The summed E-state index contributed by atoms with van der Waals surface area (Å²) in [5, 5.41) is 10.5. The molecule has 1 N–H and O–H groups in total. The SMILES string of the molecule is Cc1cc(C(C)NS(=O)(=O)c2ccc([N+](=O)[O-])nc2)c(C)o1. The molecule has 0 fully saturated rings. The molecule has 0 aliphatic heterocycles. The topological polar surface area (TPSA) is 115 Å². The molecule has 1 unspecified atom stereocenters. The van der Waals surface area contributed by atoms with Gasteiger partial charge in [0, 0.05) is 17.7 Å². The molecule has 22 heavy (non-hydrogen) atoms. The summed E-state index contributed by atoms with van der Waals surface area (Å²) in [5.41, 5.74) is 0.732. The Kier molecular flexibility index (Phi) is 4.29. The summed E-state index contributed by atoms with van der Waals surface area (Å²) >= 11 is 0. The van der Waals surface area contributed by atoms with Gasteiger partial charge in [-0.2, -0.15) is 0 Å². The molecular formula is C13H15N3O5S. The van der Waals surface area contributed by atoms with E-state index in [2.05, 4.69) is 9.71 Å². The van der Waals surface area contributed by atoms with Gasteiger partial charge in [0.25, 0.3) is 0 Å². The van der Waals surface area contributed by atoms with E-state index in [-0.39, 0.29) is 4.90 Å². The van der Waals surface area contributed by atoms with E-state index in [9.17, 15) is 18.5 Å². The standard InChI is InChI=1S/C13H15N3O5S/c1-8-6-12(10(3)21-8)9(2)15-22(19,20)11-4-5-13(14-7-11)16(17)18/h4-7,9,15H,1-3H3. The first-order chi connectivity index (χ1) is 10.2. The molecule has 2 rings (SSSR count). The van der Waals surface area contributed by atoms with E-state index in [0.717, 1.165) is 23.9 Å². The second-order valence-electron chi connectivity index (χ2n) is 4.82. The fourth-order valence-electron chi connectivity index (χ4n) is 2.08. The zero-order chi connectivity index (χ0) is 16.5. The van der Waals surface area contributed by atoms with Crippen LogP contribution in [0.5, 0.6) is 0 Å². The van der Waals surface area contributed by atoms with Gasteiger partial charge in [0.05, 0.1) is 0 Å². The summed E-state index contributed by atoms with van der Waals surface area (Å²) in [6, 6.07) is 3.45. The fourth-order valence-corrected chi connectivity index (χ4v) is 3.25. The Morgan fingerprint density at radius 1 is 1.36 bits per heavy atom. The molecule has 0 spiro atoms. The van der Waals surface area contributed by atoms with Crippen molar-refractivity contribution in [3.8, 4) is 0 Å². The van der Waals surface area contributed by atoms with Gasteiger partial charge < -0.3 is 14.5 Å². The van der Waals surface area contributed by atoms with Crippen LogP contribution >= 0.6 is 0 Å². The fraction of sp³-hybridized carbons (Fsp3) is 0.308. The quantitative estimate of drug-likeness (QED) is 0.666. The largest absolute Gasteiger partial charge is 0.466 e. The first-order valence-electron chi connectivity index (χ1n) is 6.40. The van der Waals surface area contributed by atoms with Crippen molar-refractivity contribution >= 4 is 15.8 Å². The van der Waals surface area contributed by atoms with Gasteiger partial charge in [-0.15, -0.1) is 0 Å². The monoisotopic (exact) mass is 325 g/mol. The first-order valence-corrected chi connectivity index (χ1v) is 7.88. The highest BCUT2D eigenvalue weighted by atomic mass is 32.2. The maximum absolute atomic E-state index is 12.3. The number of rotatable bonds is 5. The van der Waals surface area contributed by atoms with Crippen LogP contribution in [0.4, 0.5) is 5.82 Å². The highest BCUT2D eigenvalue weighted by Crippen LogP contribution is 2.23. The van der Waals surface area contributed by atoms with Gasteiger partial charge in [0.1, 0.15) is 16.4 Å². The molecule has 8 nitrogen and oxygen atoms in total. The Morgan fingerprint density at radius 2 is 2.05 bits per heavy atom. The summed E-state index contributed by atoms with van der Waals surface area (Å²) < 4.78 is 32.4. The molecule has 2 heterocycles. The highest BCUT2D eigenvalue weighted by molar-refractivity contribution is 7.89. The lowest BCUT2D eigenvalue weighted by Crippen LogP contribution is -2.27. The van der Waals surface area contributed by atoms with Crippen LogP contribution in [0.3, 0.4) is 0 Å². The van der Waals surface area contributed by atoms with Gasteiger partial charge >= 0.3 is 5.82 Å². The van der Waals surface area contributed by atoms with E-state index in [1.807, 2.05) is 0 Å². The lowest BCUT2D eigenvalue weighted by atomic mass is 10.1. The maximum Gasteiger partial charge on any atom is 0.363 e. The smallest absolute Gasteiger partial charge is 0.363 e. The normalized spacial score (nSPS) is 13.0. The number of nitrogens with zero attached hydrogens (tertiary/aromatic N) is 2. The van der Waals surface area contributed by atoms with E-state index in [1.54, 1.807) is 26.8 Å². The molecule has 1 atom stereocenters. The molecule has 0 amide bonds. The number of aryl methyl sites for hydroxylation is 2. The van der Waals surface area contributed by atoms with Gasteiger partial charge in [-0.05, 0) is 42.8 Å². The Balaban J connectivity index is 2.23. The minimum absolute atomic E-state index is 0.136. The molecule has 0 saturated heterocycles. The van der Waals surface area contributed by atoms with Crippen LogP contribution in [0.25, 0.3) is 0 Å². The van der Waals surface area contributed by atoms with Gasteiger partial charge in [0.2, 0.25) is 10.0 Å². The van der Waals surface area contributed by atoms with Gasteiger partial charge in [-0.1, -0.05) is 0 Å². The van der Waals surface area contributed by atoms with Crippen molar-refractivity contribution in [3.05, 3.63) is 51.6 Å². The van der Waals surface area contributed by atoms with E-state index >= 15 is 0 Å². The number of pyridine rings is 1. The molecule has 0 saturated carbocycles. The number of hydrogen-bond donors (Lipinski definition) is 1. The predicted molar refractivity (Wildman–Crippen MR) is 77.8 cm³/mol. The third-order valence-electron chi connectivity index (χ3n) is 3.10. The number of sulfonamides is 1. The lowest BCUT2D eigenvalue weighted by molar-refractivity contribution is -0.389. The zero-order valence-corrected chi connectivity index (χ0v) is 13.0. The number of nitrogens with one attached hydrogen (secondary N) is 1. The maximum atomic E-state index is 12.3. The third-order valence-corrected chi connectivity index (χ3v) is 4.62. The number of furan rings is 1. The van der Waals surface area contributed by atoms with Crippen molar-refractivity contribution in [2.24, 2.45) is 0 Å². The van der Waals surface area contributed by atoms with Crippen LogP contribution < -0.4 is 4.72 Å². The molecular weight excluding hydrogens is 310 g/mol. The predicted octanol–water partition coefficient (Wildman–Crippen LogP) is 2.24. The van der Waals surface area contributed by atoms with Crippen LogP contribution in [0.1, 0.15) is 30.0 Å². The Hall–Kier alpha value is -2.26. The molecule has 2 aromatic heterocycles. The minimum atomic E-state index is -3.83. The molecule has 9 heteroatoms. The van der Waals surface area contributed by atoms with Crippen LogP contribution in [0.15, 0.2) is 33.7 Å². The second kappa shape index (κ2) is 5.85. The summed E-state index contributed by atoms with van der Waals surface area (Å²) in [6.45, 7) is 5.21. The summed E-state index contributed by atoms with van der Waals surface area (Å²) in [4.78, 5) is 13.2. The van der Waals surface area contributed by atoms with Gasteiger partial charge in [-0.3, -0.25) is 0 Å².